The highest BCUT2D eigenvalue weighted by Crippen LogP contribution is 2.53. The van der Waals surface area contributed by atoms with E-state index in [-0.39, 0.29) is 17.5 Å². The number of likely N-dealkylation sites (tertiary alicyclic amines) is 1. The topological polar surface area (TPSA) is 104 Å². The van der Waals surface area contributed by atoms with Crippen molar-refractivity contribution in [2.45, 2.75) is 38.6 Å². The Morgan fingerprint density at radius 1 is 1.17 bits per heavy atom. The van der Waals surface area contributed by atoms with Crippen molar-refractivity contribution < 1.29 is 9.21 Å². The van der Waals surface area contributed by atoms with Gasteiger partial charge in [0.25, 0.3) is 5.56 Å². The second-order valence-corrected chi connectivity index (χ2v) is 8.18. The number of nitrogens with zero attached hydrogens (tertiary/aromatic N) is 3. The summed E-state index contributed by atoms with van der Waals surface area (Å²) in [6.45, 7) is 3.46. The van der Waals surface area contributed by atoms with Gasteiger partial charge in [0.05, 0.1) is 0 Å². The lowest BCUT2D eigenvalue weighted by Gasteiger charge is -2.33. The van der Waals surface area contributed by atoms with E-state index in [1.54, 1.807) is 24.4 Å². The maximum Gasteiger partial charge on any atom is 0.316 e. The molecule has 2 aliphatic rings. The third kappa shape index (κ3) is 3.28. The van der Waals surface area contributed by atoms with E-state index < -0.39 is 6.04 Å². The molecule has 1 aliphatic heterocycles. The van der Waals surface area contributed by atoms with Gasteiger partial charge in [0.1, 0.15) is 6.04 Å². The fraction of sp³-hybridized carbons (Fsp3) is 0.429. The van der Waals surface area contributed by atoms with Gasteiger partial charge in [0, 0.05) is 35.6 Å². The Balaban J connectivity index is 1.31. The van der Waals surface area contributed by atoms with Crippen LogP contribution < -0.4 is 10.9 Å². The molecule has 29 heavy (non-hydrogen) atoms. The average Bonchev–Trinajstić information content (AvgIpc) is 3.32. The van der Waals surface area contributed by atoms with Crippen molar-refractivity contribution >= 4 is 22.7 Å². The minimum atomic E-state index is -0.452. The number of nitrogens with one attached hydrogen (secondary N) is 2. The van der Waals surface area contributed by atoms with Gasteiger partial charge in [-0.15, -0.1) is 5.10 Å². The molecule has 1 spiro atoms. The summed E-state index contributed by atoms with van der Waals surface area (Å²) in [6, 6.07) is 6.90. The van der Waals surface area contributed by atoms with Crippen molar-refractivity contribution in [3.05, 3.63) is 40.8 Å². The summed E-state index contributed by atoms with van der Waals surface area (Å²) in [4.78, 5) is 29.4. The average molecular weight is 393 g/mol. The number of anilines is 1. The van der Waals surface area contributed by atoms with Gasteiger partial charge in [0.2, 0.25) is 11.8 Å². The fourth-order valence-corrected chi connectivity index (χ4v) is 4.20. The zero-order chi connectivity index (χ0) is 20.0. The number of benzene rings is 1. The van der Waals surface area contributed by atoms with Crippen molar-refractivity contribution in [3.8, 4) is 11.5 Å². The predicted octanol–water partition coefficient (Wildman–Crippen LogP) is 2.78. The Hall–Kier alpha value is -3.16. The number of hydrogen-bond donors (Lipinski definition) is 2. The third-order valence-electron chi connectivity index (χ3n) is 6.27. The summed E-state index contributed by atoms with van der Waals surface area (Å²) in [5, 5.41) is 12.5. The lowest BCUT2D eigenvalue weighted by Crippen LogP contribution is -2.45. The zero-order valence-corrected chi connectivity index (χ0v) is 16.3. The van der Waals surface area contributed by atoms with E-state index in [1.165, 1.54) is 12.8 Å². The molecule has 3 aromatic rings. The van der Waals surface area contributed by atoms with E-state index in [0.29, 0.717) is 22.3 Å². The Labute approximate surface area is 167 Å². The molecule has 150 valence electrons. The van der Waals surface area contributed by atoms with Crippen molar-refractivity contribution in [1.82, 2.24) is 20.1 Å². The molecular weight excluding hydrogens is 370 g/mol. The number of piperidine rings is 1. The maximum absolute atomic E-state index is 12.8. The lowest BCUT2D eigenvalue weighted by molar-refractivity contribution is -0.133. The molecule has 1 amide bonds. The second kappa shape index (κ2) is 6.72. The number of aromatic amines is 1. The molecule has 2 aromatic heterocycles. The van der Waals surface area contributed by atoms with Gasteiger partial charge in [-0.3, -0.25) is 9.59 Å². The number of H-pyrrole nitrogens is 1. The summed E-state index contributed by atoms with van der Waals surface area (Å²) in [5.74, 6) is 0.356. The zero-order valence-electron chi connectivity index (χ0n) is 16.3. The number of carbonyl (C=O) groups excluding carboxylic acids is 1. The molecule has 8 nitrogen and oxygen atoms in total. The van der Waals surface area contributed by atoms with Crippen LogP contribution in [0.5, 0.6) is 0 Å². The number of carbonyl (C=O) groups is 1. The number of fused-ring (bicyclic) bond motifs is 1. The minimum absolute atomic E-state index is 0.0527. The standard InChI is InChI=1S/C21H23N5O3/c1-13(19(28)26-11-8-21(6-7-21)9-12-26)23-20-25-24-18(29-20)16-4-2-3-15-14(16)5-10-22-17(15)27/h2-5,10,13H,6-9,11-12H2,1H3,(H,22,27)(H,23,25)/t13-/m0/s1. The highest BCUT2D eigenvalue weighted by Gasteiger charge is 2.45. The van der Waals surface area contributed by atoms with Gasteiger partial charge in [0.15, 0.2) is 0 Å². The van der Waals surface area contributed by atoms with Crippen LogP contribution in [0.4, 0.5) is 6.01 Å². The van der Waals surface area contributed by atoms with E-state index in [9.17, 15) is 9.59 Å². The van der Waals surface area contributed by atoms with Gasteiger partial charge in [-0.25, -0.2) is 0 Å². The lowest BCUT2D eigenvalue weighted by atomic mass is 9.93. The quantitative estimate of drug-likeness (QED) is 0.706. The Morgan fingerprint density at radius 2 is 1.97 bits per heavy atom. The van der Waals surface area contributed by atoms with Crippen molar-refractivity contribution in [3.63, 3.8) is 0 Å². The van der Waals surface area contributed by atoms with Gasteiger partial charge in [-0.05, 0) is 56.2 Å². The highest BCUT2D eigenvalue weighted by atomic mass is 16.4. The van der Waals surface area contributed by atoms with Crippen LogP contribution in [0, 0.1) is 5.41 Å². The third-order valence-corrected chi connectivity index (χ3v) is 6.27. The van der Waals surface area contributed by atoms with Gasteiger partial charge < -0.3 is 19.6 Å². The van der Waals surface area contributed by atoms with Crippen LogP contribution in [-0.2, 0) is 4.79 Å². The predicted molar refractivity (Wildman–Crippen MR) is 108 cm³/mol. The number of rotatable bonds is 4. The van der Waals surface area contributed by atoms with Crippen molar-refractivity contribution in [2.24, 2.45) is 5.41 Å². The first kappa shape index (κ1) is 17.9. The molecule has 1 aromatic carbocycles. The van der Waals surface area contributed by atoms with Gasteiger partial charge >= 0.3 is 6.01 Å². The van der Waals surface area contributed by atoms with Crippen molar-refractivity contribution in [2.75, 3.05) is 18.4 Å². The fourth-order valence-electron chi connectivity index (χ4n) is 4.20. The summed E-state index contributed by atoms with van der Waals surface area (Å²) in [5.41, 5.74) is 1.05. The van der Waals surface area contributed by atoms with Crippen LogP contribution in [0.3, 0.4) is 0 Å². The molecule has 3 heterocycles. The van der Waals surface area contributed by atoms with E-state index in [2.05, 4.69) is 20.5 Å². The minimum Gasteiger partial charge on any atom is -0.403 e. The first-order chi connectivity index (χ1) is 14.0. The second-order valence-electron chi connectivity index (χ2n) is 8.18. The SMILES string of the molecule is C[C@H](Nc1nnc(-c2cccc3c(=O)[nH]ccc23)o1)C(=O)N1CCC2(CC1)CC2. The van der Waals surface area contributed by atoms with Crippen LogP contribution >= 0.6 is 0 Å². The molecule has 0 radical (unpaired) electrons. The first-order valence-corrected chi connectivity index (χ1v) is 10.0. The number of pyridine rings is 1. The molecule has 1 atom stereocenters. The molecule has 8 heteroatoms. The Bertz CT molecular complexity index is 1120. The van der Waals surface area contributed by atoms with Crippen LogP contribution in [0.15, 0.2) is 39.7 Å². The van der Waals surface area contributed by atoms with E-state index in [1.807, 2.05) is 17.9 Å². The normalized spacial score (nSPS) is 18.7. The highest BCUT2D eigenvalue weighted by molar-refractivity contribution is 5.94. The monoisotopic (exact) mass is 393 g/mol. The van der Waals surface area contributed by atoms with E-state index in [4.69, 9.17) is 4.42 Å². The Kier molecular flexibility index (Phi) is 4.15. The smallest absolute Gasteiger partial charge is 0.316 e. The summed E-state index contributed by atoms with van der Waals surface area (Å²) in [6.07, 6.45) is 6.43. The molecule has 2 N–H and O–H groups in total. The maximum atomic E-state index is 12.8. The molecule has 5 rings (SSSR count). The summed E-state index contributed by atoms with van der Waals surface area (Å²) < 4.78 is 5.75. The molecule has 2 fully saturated rings. The van der Waals surface area contributed by atoms with E-state index in [0.717, 1.165) is 31.3 Å². The van der Waals surface area contributed by atoms with Crippen LogP contribution in [0.2, 0.25) is 0 Å². The molecule has 1 saturated carbocycles. The number of hydrogen-bond acceptors (Lipinski definition) is 6. The Morgan fingerprint density at radius 3 is 2.72 bits per heavy atom. The summed E-state index contributed by atoms with van der Waals surface area (Å²) >= 11 is 0. The molecule has 0 unspecified atom stereocenters. The van der Waals surface area contributed by atoms with Crippen LogP contribution in [0.25, 0.3) is 22.2 Å². The molecule has 0 bridgehead atoms. The first-order valence-electron chi connectivity index (χ1n) is 10.0. The number of aromatic nitrogens is 3. The van der Waals surface area contributed by atoms with Gasteiger partial charge in [-0.2, -0.15) is 0 Å². The molecular formula is C21H23N5O3. The molecule has 1 saturated heterocycles. The van der Waals surface area contributed by atoms with Crippen LogP contribution in [-0.4, -0.2) is 45.1 Å². The largest absolute Gasteiger partial charge is 0.403 e. The molecule has 1 aliphatic carbocycles. The van der Waals surface area contributed by atoms with Crippen molar-refractivity contribution in [1.29, 1.82) is 0 Å². The van der Waals surface area contributed by atoms with Crippen LogP contribution in [0.1, 0.15) is 32.6 Å². The van der Waals surface area contributed by atoms with E-state index >= 15 is 0 Å². The van der Waals surface area contributed by atoms with Gasteiger partial charge in [-0.1, -0.05) is 11.2 Å². The number of amides is 1. The summed E-state index contributed by atoms with van der Waals surface area (Å²) in [7, 11) is 0.